The summed E-state index contributed by atoms with van der Waals surface area (Å²) in [4.78, 5) is 24.3. The average Bonchev–Trinajstić information content (AvgIpc) is 2.91. The van der Waals surface area contributed by atoms with E-state index in [1.54, 1.807) is 0 Å². The summed E-state index contributed by atoms with van der Waals surface area (Å²) in [5.41, 5.74) is 0. The number of aromatic nitrogens is 2. The van der Waals surface area contributed by atoms with Crippen molar-refractivity contribution in [2.24, 2.45) is 0 Å². The fourth-order valence-corrected chi connectivity index (χ4v) is 2.58. The zero-order chi connectivity index (χ0) is 17.4. The highest BCUT2D eigenvalue weighted by atomic mass is 32.2. The topological polar surface area (TPSA) is 102 Å². The number of hydrogen-bond donors (Lipinski definition) is 3. The Balaban J connectivity index is 2.39. The molecule has 0 saturated carbocycles. The Hall–Kier alpha value is -1.61. The smallest absolute Gasteiger partial charge is 0.277 e. The van der Waals surface area contributed by atoms with E-state index in [-0.39, 0.29) is 36.2 Å². The summed E-state index contributed by atoms with van der Waals surface area (Å²) in [6.45, 7) is 5.75. The van der Waals surface area contributed by atoms with Gasteiger partial charge in [-0.05, 0) is 13.8 Å². The second-order valence-corrected chi connectivity index (χ2v) is 6.66. The van der Waals surface area contributed by atoms with Crippen molar-refractivity contribution in [2.45, 2.75) is 44.5 Å². The summed E-state index contributed by atoms with van der Waals surface area (Å²) in [5.74, 6) is 0.242. The third kappa shape index (κ3) is 7.00. The number of quaternary nitrogens is 1. The monoisotopic (exact) mass is 344 g/mol. The molecule has 0 aliphatic rings. The normalized spacial score (nSPS) is 12.5. The number of hydrogen-bond acceptors (Lipinski definition) is 6. The highest BCUT2D eigenvalue weighted by Gasteiger charge is 2.22. The molecule has 2 amide bonds. The van der Waals surface area contributed by atoms with Gasteiger partial charge in [-0.15, -0.1) is 10.2 Å². The van der Waals surface area contributed by atoms with E-state index in [1.807, 2.05) is 27.9 Å². The minimum atomic E-state index is -0.251. The molecule has 3 N–H and O–H groups in total. The van der Waals surface area contributed by atoms with E-state index in [9.17, 15) is 9.59 Å². The van der Waals surface area contributed by atoms with Crippen molar-refractivity contribution in [1.82, 2.24) is 20.8 Å². The molecule has 0 spiro atoms. The lowest BCUT2D eigenvalue weighted by Gasteiger charge is -2.15. The van der Waals surface area contributed by atoms with Crippen LogP contribution >= 0.6 is 11.8 Å². The lowest BCUT2D eigenvalue weighted by Crippen LogP contribution is -3.06. The Morgan fingerprint density at radius 3 is 2.52 bits per heavy atom. The molecule has 0 fully saturated rings. The van der Waals surface area contributed by atoms with Crippen LogP contribution in [0.15, 0.2) is 9.64 Å². The number of nitrogens with one attached hydrogen (secondary N) is 3. The predicted octanol–water partition coefficient (Wildman–Crippen LogP) is -0.602. The molecule has 23 heavy (non-hydrogen) atoms. The van der Waals surface area contributed by atoms with E-state index >= 15 is 0 Å². The molecule has 1 atom stereocenters. The number of nitrogens with zero attached hydrogens (tertiary/aromatic N) is 2. The van der Waals surface area contributed by atoms with Crippen LogP contribution in [0.5, 0.6) is 0 Å². The summed E-state index contributed by atoms with van der Waals surface area (Å²) in [6, 6.07) is 0.196. The molecule has 0 radical (unpaired) electrons. The van der Waals surface area contributed by atoms with Crippen molar-refractivity contribution in [1.29, 1.82) is 0 Å². The van der Waals surface area contributed by atoms with Crippen LogP contribution in [0.1, 0.15) is 39.1 Å². The fraction of sp³-hybridized carbons (Fsp3) is 0.714. The molecule has 0 unspecified atom stereocenters. The Morgan fingerprint density at radius 1 is 1.26 bits per heavy atom. The number of carbonyl (C=O) groups excluding carboxylic acids is 2. The third-order valence-corrected chi connectivity index (χ3v) is 3.87. The molecular weight excluding hydrogens is 318 g/mol. The van der Waals surface area contributed by atoms with Crippen LogP contribution in [0.2, 0.25) is 0 Å². The Labute approximate surface area is 140 Å². The molecule has 1 heterocycles. The van der Waals surface area contributed by atoms with Crippen LogP contribution in [0.3, 0.4) is 0 Å². The van der Waals surface area contributed by atoms with E-state index < -0.39 is 0 Å². The minimum Gasteiger partial charge on any atom is -0.410 e. The van der Waals surface area contributed by atoms with Crippen molar-refractivity contribution < 1.29 is 18.9 Å². The van der Waals surface area contributed by atoms with Crippen LogP contribution in [0.25, 0.3) is 0 Å². The lowest BCUT2D eigenvalue weighted by molar-refractivity contribution is -0.894. The molecule has 0 saturated heterocycles. The predicted molar refractivity (Wildman–Crippen MR) is 87.2 cm³/mol. The second kappa shape index (κ2) is 9.51. The van der Waals surface area contributed by atoms with E-state index in [0.717, 1.165) is 18.2 Å². The van der Waals surface area contributed by atoms with Gasteiger partial charge in [0.2, 0.25) is 11.8 Å². The first-order chi connectivity index (χ1) is 10.8. The third-order valence-electron chi connectivity index (χ3n) is 3.05. The van der Waals surface area contributed by atoms with Gasteiger partial charge < -0.3 is 20.0 Å². The number of amides is 2. The van der Waals surface area contributed by atoms with E-state index in [1.165, 1.54) is 4.90 Å². The van der Waals surface area contributed by atoms with Crippen molar-refractivity contribution in [3.63, 3.8) is 0 Å². The fourth-order valence-electron chi connectivity index (χ4n) is 1.98. The molecule has 1 rings (SSSR count). The zero-order valence-corrected chi connectivity index (χ0v) is 15.1. The first-order valence-electron chi connectivity index (χ1n) is 7.65. The largest absolute Gasteiger partial charge is 0.410 e. The van der Waals surface area contributed by atoms with Crippen molar-refractivity contribution >= 4 is 23.6 Å². The summed E-state index contributed by atoms with van der Waals surface area (Å²) in [7, 11) is 4.06. The van der Waals surface area contributed by atoms with Gasteiger partial charge >= 0.3 is 0 Å². The summed E-state index contributed by atoms with van der Waals surface area (Å²) >= 11 is 1.16. The van der Waals surface area contributed by atoms with Crippen LogP contribution in [0, 0.1) is 0 Å². The van der Waals surface area contributed by atoms with E-state index in [2.05, 4.69) is 27.8 Å². The van der Waals surface area contributed by atoms with Crippen LogP contribution in [-0.2, 0) is 9.59 Å². The van der Waals surface area contributed by atoms with Gasteiger partial charge in [0, 0.05) is 12.5 Å². The molecule has 130 valence electrons. The maximum Gasteiger partial charge on any atom is 0.277 e. The van der Waals surface area contributed by atoms with Crippen LogP contribution in [0.4, 0.5) is 0 Å². The Morgan fingerprint density at radius 2 is 1.96 bits per heavy atom. The first-order valence-corrected chi connectivity index (χ1v) is 8.64. The molecule has 1 aromatic rings. The SMILES string of the molecule is CC[C@H](c1nnc(SCC(=O)NCC(=O)NC(C)C)o1)[NH+](C)C. The van der Waals surface area contributed by atoms with Crippen LogP contribution in [-0.4, -0.2) is 54.4 Å². The van der Waals surface area contributed by atoms with E-state index in [4.69, 9.17) is 4.42 Å². The van der Waals surface area contributed by atoms with Gasteiger partial charge in [0.05, 0.1) is 26.4 Å². The van der Waals surface area contributed by atoms with Gasteiger partial charge in [-0.3, -0.25) is 9.59 Å². The highest BCUT2D eigenvalue weighted by Crippen LogP contribution is 2.19. The Bertz CT molecular complexity index is 518. The molecule has 0 aliphatic carbocycles. The number of thioether (sulfide) groups is 1. The van der Waals surface area contributed by atoms with Crippen molar-refractivity contribution in [3.8, 4) is 0 Å². The maximum absolute atomic E-state index is 11.7. The Kier molecular flexibility index (Phi) is 8.04. The molecule has 0 bridgehead atoms. The summed E-state index contributed by atoms with van der Waals surface area (Å²) in [5, 5.41) is 13.6. The first kappa shape index (κ1) is 19.4. The maximum atomic E-state index is 11.7. The molecule has 9 heteroatoms. The average molecular weight is 344 g/mol. The summed E-state index contributed by atoms with van der Waals surface area (Å²) in [6.07, 6.45) is 0.889. The molecule has 1 aromatic heterocycles. The summed E-state index contributed by atoms with van der Waals surface area (Å²) < 4.78 is 5.59. The van der Waals surface area contributed by atoms with Gasteiger partial charge in [-0.25, -0.2) is 0 Å². The molecular formula is C14H26N5O3S+. The van der Waals surface area contributed by atoms with Gasteiger partial charge in [0.25, 0.3) is 11.1 Å². The van der Waals surface area contributed by atoms with E-state index in [0.29, 0.717) is 11.1 Å². The number of carbonyl (C=O) groups is 2. The molecule has 0 aromatic carbocycles. The minimum absolute atomic E-state index is 0.0332. The van der Waals surface area contributed by atoms with Gasteiger partial charge in [0.15, 0.2) is 6.04 Å². The lowest BCUT2D eigenvalue weighted by atomic mass is 10.2. The second-order valence-electron chi connectivity index (χ2n) is 5.73. The zero-order valence-electron chi connectivity index (χ0n) is 14.3. The quantitative estimate of drug-likeness (QED) is 0.517. The standard InChI is InChI=1S/C14H25N5O3S/c1-6-10(19(4)5)13-17-18-14(22-13)23-8-12(21)15-7-11(20)16-9(2)3/h9-10H,6-8H2,1-5H3,(H,15,21)(H,16,20)/p+1/t10-/m1/s1. The van der Waals surface area contributed by atoms with Crippen molar-refractivity contribution in [3.05, 3.63) is 5.89 Å². The number of rotatable bonds is 9. The van der Waals surface area contributed by atoms with Gasteiger partial charge in [-0.1, -0.05) is 18.7 Å². The highest BCUT2D eigenvalue weighted by molar-refractivity contribution is 7.99. The van der Waals surface area contributed by atoms with Gasteiger partial charge in [0.1, 0.15) is 0 Å². The van der Waals surface area contributed by atoms with Crippen molar-refractivity contribution in [2.75, 3.05) is 26.4 Å². The molecule has 8 nitrogen and oxygen atoms in total. The molecule has 0 aliphatic heterocycles. The van der Waals surface area contributed by atoms with Crippen LogP contribution < -0.4 is 15.5 Å². The van der Waals surface area contributed by atoms with Gasteiger partial charge in [-0.2, -0.15) is 0 Å².